The molecule has 21 heavy (non-hydrogen) atoms. The Hall–Kier alpha value is -1.49. The van der Waals surface area contributed by atoms with Crippen molar-refractivity contribution < 1.29 is 17.2 Å². The topological polar surface area (TPSA) is 72.2 Å². The fourth-order valence-corrected chi connectivity index (χ4v) is 3.37. The number of nitrogens with one attached hydrogen (secondary N) is 1. The van der Waals surface area contributed by atoms with Crippen molar-refractivity contribution >= 4 is 10.0 Å². The van der Waals surface area contributed by atoms with E-state index in [0.29, 0.717) is 12.5 Å². The van der Waals surface area contributed by atoms with Gasteiger partial charge < -0.3 is 5.73 Å². The van der Waals surface area contributed by atoms with Crippen LogP contribution in [0.3, 0.4) is 0 Å². The molecule has 0 aliphatic heterocycles. The van der Waals surface area contributed by atoms with E-state index < -0.39 is 26.6 Å². The summed E-state index contributed by atoms with van der Waals surface area (Å²) in [6.45, 7) is 3.53. The van der Waals surface area contributed by atoms with Crippen LogP contribution in [-0.2, 0) is 10.0 Å². The summed E-state index contributed by atoms with van der Waals surface area (Å²) in [5, 5.41) is 0. The van der Waals surface area contributed by atoms with Crippen molar-refractivity contribution in [3.8, 4) is 11.8 Å². The third-order valence-corrected chi connectivity index (χ3v) is 4.35. The smallest absolute Gasteiger partial charge is 0.244 e. The molecule has 0 fully saturated rings. The Morgan fingerprint density at radius 3 is 2.62 bits per heavy atom. The Morgan fingerprint density at radius 1 is 1.38 bits per heavy atom. The molecule has 0 saturated carbocycles. The van der Waals surface area contributed by atoms with Crippen LogP contribution in [0, 0.1) is 23.5 Å². The van der Waals surface area contributed by atoms with E-state index in [1.807, 2.05) is 6.92 Å². The van der Waals surface area contributed by atoms with Gasteiger partial charge in [0.15, 0.2) is 0 Å². The van der Waals surface area contributed by atoms with Crippen LogP contribution in [-0.4, -0.2) is 21.0 Å². The van der Waals surface area contributed by atoms with Gasteiger partial charge in [-0.3, -0.25) is 0 Å². The van der Waals surface area contributed by atoms with Crippen molar-refractivity contribution in [3.63, 3.8) is 0 Å². The first-order chi connectivity index (χ1) is 9.81. The Kier molecular flexibility index (Phi) is 6.27. The van der Waals surface area contributed by atoms with Gasteiger partial charge in [0.05, 0.1) is 12.1 Å². The van der Waals surface area contributed by atoms with Gasteiger partial charge in [-0.15, -0.1) is 0 Å². The minimum absolute atomic E-state index is 0.0444. The number of hydrogen-bond acceptors (Lipinski definition) is 3. The summed E-state index contributed by atoms with van der Waals surface area (Å²) in [6.07, 6.45) is 1.38. The quantitative estimate of drug-likeness (QED) is 0.813. The molecule has 4 nitrogen and oxygen atoms in total. The lowest BCUT2D eigenvalue weighted by molar-refractivity contribution is 0.524. The Morgan fingerprint density at radius 2 is 2.05 bits per heavy atom. The fraction of sp³-hybridized carbons (Fsp3) is 0.429. The average molecular weight is 316 g/mol. The number of hydrogen-bond donors (Lipinski definition) is 2. The summed E-state index contributed by atoms with van der Waals surface area (Å²) in [6, 6.07) is 1.04. The van der Waals surface area contributed by atoms with Gasteiger partial charge in [-0.1, -0.05) is 25.2 Å². The van der Waals surface area contributed by atoms with Crippen molar-refractivity contribution in [3.05, 3.63) is 29.3 Å². The van der Waals surface area contributed by atoms with Crippen LogP contribution in [0.2, 0.25) is 0 Å². The Balaban J connectivity index is 3.33. The highest BCUT2D eigenvalue weighted by Crippen LogP contribution is 2.21. The first-order valence-electron chi connectivity index (χ1n) is 6.52. The third-order valence-electron chi connectivity index (χ3n) is 2.68. The van der Waals surface area contributed by atoms with Crippen molar-refractivity contribution in [1.82, 2.24) is 4.72 Å². The molecule has 1 atom stereocenters. The van der Waals surface area contributed by atoms with Gasteiger partial charge in [0.2, 0.25) is 10.0 Å². The van der Waals surface area contributed by atoms with E-state index in [0.717, 1.165) is 12.5 Å². The molecule has 116 valence electrons. The molecule has 0 aliphatic carbocycles. The molecule has 0 heterocycles. The summed E-state index contributed by atoms with van der Waals surface area (Å²) >= 11 is 0. The molecule has 1 unspecified atom stereocenters. The average Bonchev–Trinajstić information content (AvgIpc) is 2.34. The highest BCUT2D eigenvalue weighted by molar-refractivity contribution is 7.89. The van der Waals surface area contributed by atoms with Crippen molar-refractivity contribution in [2.45, 2.75) is 37.6 Å². The maximum atomic E-state index is 13.9. The Bertz CT molecular complexity index is 664. The normalized spacial score (nSPS) is 12.6. The van der Waals surface area contributed by atoms with Gasteiger partial charge in [-0.25, -0.2) is 21.9 Å². The van der Waals surface area contributed by atoms with E-state index in [9.17, 15) is 17.2 Å². The first kappa shape index (κ1) is 17.6. The van der Waals surface area contributed by atoms with Crippen LogP contribution in [0.4, 0.5) is 8.78 Å². The maximum Gasteiger partial charge on any atom is 0.244 e. The van der Waals surface area contributed by atoms with Gasteiger partial charge in [0, 0.05) is 12.1 Å². The number of halogens is 2. The molecule has 0 saturated heterocycles. The highest BCUT2D eigenvalue weighted by Gasteiger charge is 2.25. The molecule has 0 aliphatic rings. The van der Waals surface area contributed by atoms with E-state index in [1.165, 1.54) is 0 Å². The molecule has 0 bridgehead atoms. The van der Waals surface area contributed by atoms with Crippen molar-refractivity contribution in [2.24, 2.45) is 5.73 Å². The van der Waals surface area contributed by atoms with E-state index in [4.69, 9.17) is 5.73 Å². The second kappa shape index (κ2) is 7.50. The second-order valence-electron chi connectivity index (χ2n) is 4.58. The number of benzene rings is 1. The van der Waals surface area contributed by atoms with Crippen LogP contribution in [0.1, 0.15) is 32.3 Å². The van der Waals surface area contributed by atoms with Crippen molar-refractivity contribution in [1.29, 1.82) is 0 Å². The molecule has 0 radical (unpaired) electrons. The molecule has 3 N–H and O–H groups in total. The monoisotopic (exact) mass is 316 g/mol. The van der Waals surface area contributed by atoms with Crippen LogP contribution in [0.25, 0.3) is 0 Å². The number of nitrogens with two attached hydrogens (primary N) is 1. The molecule has 7 heteroatoms. The summed E-state index contributed by atoms with van der Waals surface area (Å²) in [4.78, 5) is -0.646. The SMILES string of the molecule is CCCC(C)NS(=O)(=O)c1c(F)cc(F)cc1C#CCN. The minimum atomic E-state index is -4.13. The predicted molar refractivity (Wildman–Crippen MR) is 77.0 cm³/mol. The third kappa shape index (κ3) is 4.77. The number of sulfonamides is 1. The number of rotatable bonds is 5. The van der Waals surface area contributed by atoms with E-state index in [1.54, 1.807) is 6.92 Å². The summed E-state index contributed by atoms with van der Waals surface area (Å²) < 4.78 is 54.0. The van der Waals surface area contributed by atoms with Gasteiger partial charge >= 0.3 is 0 Å². The molecular weight excluding hydrogens is 298 g/mol. The van der Waals surface area contributed by atoms with E-state index >= 15 is 0 Å². The lowest BCUT2D eigenvalue weighted by Gasteiger charge is -2.15. The van der Waals surface area contributed by atoms with Crippen LogP contribution in [0.15, 0.2) is 17.0 Å². The van der Waals surface area contributed by atoms with Crippen LogP contribution >= 0.6 is 0 Å². The van der Waals surface area contributed by atoms with Gasteiger partial charge in [-0.05, 0) is 19.4 Å². The predicted octanol–water partition coefficient (Wildman–Crippen LogP) is 1.74. The standard InChI is InChI=1S/C14H18F2N2O2S/c1-3-5-10(2)18-21(19,20)14-11(6-4-7-17)8-12(15)9-13(14)16/h8-10,18H,3,5,7,17H2,1-2H3. The van der Waals surface area contributed by atoms with Crippen LogP contribution in [0.5, 0.6) is 0 Å². The second-order valence-corrected chi connectivity index (χ2v) is 6.23. The molecule has 0 spiro atoms. The molecule has 0 amide bonds. The Labute approximate surface area is 123 Å². The summed E-state index contributed by atoms with van der Waals surface area (Å²) in [7, 11) is -4.13. The zero-order valence-corrected chi connectivity index (χ0v) is 12.7. The summed E-state index contributed by atoms with van der Waals surface area (Å²) in [5.74, 6) is 2.73. The van der Waals surface area contributed by atoms with Crippen LogP contribution < -0.4 is 10.5 Å². The van der Waals surface area contributed by atoms with Crippen molar-refractivity contribution in [2.75, 3.05) is 6.54 Å². The minimum Gasteiger partial charge on any atom is -0.320 e. The maximum absolute atomic E-state index is 13.9. The molecule has 1 aromatic carbocycles. The lowest BCUT2D eigenvalue weighted by Crippen LogP contribution is -2.33. The molecular formula is C14H18F2N2O2S. The molecule has 1 aromatic rings. The zero-order chi connectivity index (χ0) is 16.0. The van der Waals surface area contributed by atoms with Gasteiger partial charge in [0.25, 0.3) is 0 Å². The van der Waals surface area contributed by atoms with Gasteiger partial charge in [0.1, 0.15) is 16.5 Å². The van der Waals surface area contributed by atoms with E-state index in [-0.39, 0.29) is 18.2 Å². The molecule has 1 rings (SSSR count). The lowest BCUT2D eigenvalue weighted by atomic mass is 10.2. The summed E-state index contributed by atoms with van der Waals surface area (Å²) in [5.41, 5.74) is 4.96. The molecule has 0 aromatic heterocycles. The largest absolute Gasteiger partial charge is 0.320 e. The first-order valence-corrected chi connectivity index (χ1v) is 8.00. The zero-order valence-electron chi connectivity index (χ0n) is 11.9. The highest BCUT2D eigenvalue weighted by atomic mass is 32.2. The van der Waals surface area contributed by atoms with Gasteiger partial charge in [-0.2, -0.15) is 0 Å². The fourth-order valence-electron chi connectivity index (χ4n) is 1.89. The van der Waals surface area contributed by atoms with E-state index in [2.05, 4.69) is 16.6 Å².